The highest BCUT2D eigenvalue weighted by Gasteiger charge is 2.11. The number of hydrogen-bond donors (Lipinski definition) is 2. The average Bonchev–Trinajstić information content (AvgIpc) is 2.74. The summed E-state index contributed by atoms with van der Waals surface area (Å²) < 4.78 is 11.1. The molecule has 2 N–H and O–H groups in total. The van der Waals surface area contributed by atoms with E-state index in [-0.39, 0.29) is 0 Å². The Kier molecular flexibility index (Phi) is 8.95. The molecule has 0 unspecified atom stereocenters. The molecule has 29 heavy (non-hydrogen) atoms. The second-order valence-electron chi connectivity index (χ2n) is 5.93. The molecule has 0 aliphatic carbocycles. The van der Waals surface area contributed by atoms with Gasteiger partial charge in [0, 0.05) is 6.54 Å². The van der Waals surface area contributed by atoms with Crippen molar-refractivity contribution in [3.63, 3.8) is 0 Å². The lowest BCUT2D eigenvalue weighted by Gasteiger charge is -2.11. The number of rotatable bonds is 10. The van der Waals surface area contributed by atoms with Gasteiger partial charge < -0.3 is 14.8 Å². The van der Waals surface area contributed by atoms with Crippen LogP contribution in [0.1, 0.15) is 18.1 Å². The molecule has 7 heteroatoms. The summed E-state index contributed by atoms with van der Waals surface area (Å²) in [5.41, 5.74) is 3.98. The van der Waals surface area contributed by atoms with Gasteiger partial charge in [-0.1, -0.05) is 43.0 Å². The molecule has 0 aliphatic rings. The van der Waals surface area contributed by atoms with Crippen molar-refractivity contribution in [2.75, 3.05) is 19.8 Å². The summed E-state index contributed by atoms with van der Waals surface area (Å²) in [6, 6.07) is 14.9. The van der Waals surface area contributed by atoms with Crippen molar-refractivity contribution < 1.29 is 19.1 Å². The van der Waals surface area contributed by atoms with E-state index in [0.29, 0.717) is 43.2 Å². The molecule has 0 atom stereocenters. The van der Waals surface area contributed by atoms with Crippen LogP contribution in [-0.4, -0.2) is 37.8 Å². The Morgan fingerprint density at radius 1 is 1.07 bits per heavy atom. The summed E-state index contributed by atoms with van der Waals surface area (Å²) in [6.07, 6.45) is 3.71. The van der Waals surface area contributed by atoms with E-state index < -0.39 is 11.8 Å². The van der Waals surface area contributed by atoms with E-state index in [1.807, 2.05) is 37.3 Å². The molecule has 7 nitrogen and oxygen atoms in total. The van der Waals surface area contributed by atoms with Crippen LogP contribution in [0.3, 0.4) is 0 Å². The molecule has 0 saturated heterocycles. The maximum Gasteiger partial charge on any atom is 0.329 e. The van der Waals surface area contributed by atoms with Gasteiger partial charge in [0.25, 0.3) is 0 Å². The zero-order valence-electron chi connectivity index (χ0n) is 16.4. The predicted molar refractivity (Wildman–Crippen MR) is 112 cm³/mol. The van der Waals surface area contributed by atoms with Gasteiger partial charge in [-0.3, -0.25) is 9.59 Å². The van der Waals surface area contributed by atoms with Gasteiger partial charge in [0.2, 0.25) is 0 Å². The SMILES string of the molecule is C=CCOc1ccc(/C=N\NC(=O)C(=O)NCCc2ccccc2)cc1OCC. The first kappa shape index (κ1) is 21.7. The lowest BCUT2D eigenvalue weighted by atomic mass is 10.1. The number of benzene rings is 2. The summed E-state index contributed by atoms with van der Waals surface area (Å²) in [5.74, 6) is -0.416. The van der Waals surface area contributed by atoms with Crippen LogP contribution >= 0.6 is 0 Å². The number of amides is 2. The molecule has 0 bridgehead atoms. The molecule has 0 heterocycles. The van der Waals surface area contributed by atoms with Gasteiger partial charge in [0.05, 0.1) is 12.8 Å². The molecule has 2 aromatic rings. The van der Waals surface area contributed by atoms with E-state index in [0.717, 1.165) is 5.56 Å². The van der Waals surface area contributed by atoms with E-state index in [9.17, 15) is 9.59 Å². The highest BCUT2D eigenvalue weighted by molar-refractivity contribution is 6.35. The highest BCUT2D eigenvalue weighted by Crippen LogP contribution is 2.28. The molecule has 0 fully saturated rings. The minimum atomic E-state index is -0.828. The molecule has 152 valence electrons. The largest absolute Gasteiger partial charge is 0.490 e. The van der Waals surface area contributed by atoms with Crippen molar-refractivity contribution >= 4 is 18.0 Å². The summed E-state index contributed by atoms with van der Waals surface area (Å²) in [7, 11) is 0. The van der Waals surface area contributed by atoms with Crippen LogP contribution in [0.2, 0.25) is 0 Å². The average molecular weight is 395 g/mol. The van der Waals surface area contributed by atoms with Crippen molar-refractivity contribution in [3.8, 4) is 11.5 Å². The molecule has 2 aromatic carbocycles. The third-order valence-electron chi connectivity index (χ3n) is 3.75. The number of nitrogens with zero attached hydrogens (tertiary/aromatic N) is 1. The third-order valence-corrected chi connectivity index (χ3v) is 3.75. The van der Waals surface area contributed by atoms with Crippen LogP contribution in [-0.2, 0) is 16.0 Å². The second kappa shape index (κ2) is 12.0. The van der Waals surface area contributed by atoms with Crippen LogP contribution in [0.5, 0.6) is 11.5 Å². The van der Waals surface area contributed by atoms with Crippen LogP contribution in [0.4, 0.5) is 0 Å². The lowest BCUT2D eigenvalue weighted by molar-refractivity contribution is -0.139. The van der Waals surface area contributed by atoms with Crippen molar-refractivity contribution in [1.82, 2.24) is 10.7 Å². The van der Waals surface area contributed by atoms with Crippen molar-refractivity contribution in [1.29, 1.82) is 0 Å². The fourth-order valence-corrected chi connectivity index (χ4v) is 2.40. The molecule has 0 aromatic heterocycles. The normalized spacial score (nSPS) is 10.4. The molecule has 0 saturated carbocycles. The maximum absolute atomic E-state index is 11.8. The predicted octanol–water partition coefficient (Wildman–Crippen LogP) is 2.46. The number of nitrogens with one attached hydrogen (secondary N) is 2. The van der Waals surface area contributed by atoms with Gasteiger partial charge >= 0.3 is 11.8 Å². The maximum atomic E-state index is 11.8. The number of hydrogen-bond acceptors (Lipinski definition) is 5. The third kappa shape index (κ3) is 7.50. The van der Waals surface area contributed by atoms with Crippen molar-refractivity contribution in [2.24, 2.45) is 5.10 Å². The fourth-order valence-electron chi connectivity index (χ4n) is 2.40. The summed E-state index contributed by atoms with van der Waals surface area (Å²) in [5, 5.41) is 6.39. The molecular weight excluding hydrogens is 370 g/mol. The first-order chi connectivity index (χ1) is 14.1. The van der Waals surface area contributed by atoms with Crippen LogP contribution in [0, 0.1) is 0 Å². The number of ether oxygens (including phenoxy) is 2. The lowest BCUT2D eigenvalue weighted by Crippen LogP contribution is -2.38. The van der Waals surface area contributed by atoms with E-state index in [2.05, 4.69) is 22.4 Å². The van der Waals surface area contributed by atoms with Crippen LogP contribution in [0.25, 0.3) is 0 Å². The number of hydrazone groups is 1. The first-order valence-electron chi connectivity index (χ1n) is 9.29. The van der Waals surface area contributed by atoms with Gasteiger partial charge in [-0.15, -0.1) is 0 Å². The molecule has 0 aliphatic heterocycles. The zero-order chi connectivity index (χ0) is 20.9. The van der Waals surface area contributed by atoms with Crippen molar-refractivity contribution in [2.45, 2.75) is 13.3 Å². The fraction of sp³-hybridized carbons (Fsp3) is 0.227. The van der Waals surface area contributed by atoms with E-state index in [1.54, 1.807) is 24.3 Å². The van der Waals surface area contributed by atoms with E-state index in [1.165, 1.54) is 6.21 Å². The minimum absolute atomic E-state index is 0.364. The van der Waals surface area contributed by atoms with Gasteiger partial charge in [0.15, 0.2) is 11.5 Å². The smallest absolute Gasteiger partial charge is 0.329 e. The van der Waals surface area contributed by atoms with Gasteiger partial charge in [-0.25, -0.2) is 5.43 Å². The minimum Gasteiger partial charge on any atom is -0.490 e. The highest BCUT2D eigenvalue weighted by atomic mass is 16.5. The quantitative estimate of drug-likeness (QED) is 0.280. The Bertz CT molecular complexity index is 850. The Balaban J connectivity index is 1.84. The van der Waals surface area contributed by atoms with E-state index in [4.69, 9.17) is 9.47 Å². The molecule has 0 radical (unpaired) electrons. The Labute approximate surface area is 170 Å². The molecule has 2 amide bonds. The summed E-state index contributed by atoms with van der Waals surface area (Å²) in [6.45, 7) is 6.69. The first-order valence-corrected chi connectivity index (χ1v) is 9.29. The summed E-state index contributed by atoms with van der Waals surface area (Å²) in [4.78, 5) is 23.6. The van der Waals surface area contributed by atoms with Gasteiger partial charge in [-0.05, 0) is 42.7 Å². The second-order valence-corrected chi connectivity index (χ2v) is 5.93. The standard InChI is InChI=1S/C22H25N3O4/c1-3-14-29-19-11-10-18(15-20(19)28-4-2)16-24-25-22(27)21(26)23-13-12-17-8-6-5-7-9-17/h3,5-11,15-16H,1,4,12-14H2,2H3,(H,23,26)(H,25,27)/b24-16-. The Morgan fingerprint density at radius 2 is 1.86 bits per heavy atom. The summed E-state index contributed by atoms with van der Waals surface area (Å²) >= 11 is 0. The van der Waals surface area contributed by atoms with E-state index >= 15 is 0 Å². The Hall–Kier alpha value is -3.61. The monoisotopic (exact) mass is 395 g/mol. The number of carbonyl (C=O) groups excluding carboxylic acids is 2. The molecule has 2 rings (SSSR count). The van der Waals surface area contributed by atoms with Gasteiger partial charge in [0.1, 0.15) is 6.61 Å². The number of carbonyl (C=O) groups is 2. The van der Waals surface area contributed by atoms with Crippen LogP contribution in [0.15, 0.2) is 66.3 Å². The Morgan fingerprint density at radius 3 is 2.59 bits per heavy atom. The topological polar surface area (TPSA) is 89.0 Å². The van der Waals surface area contributed by atoms with Crippen LogP contribution < -0.4 is 20.2 Å². The van der Waals surface area contributed by atoms with Gasteiger partial charge in [-0.2, -0.15) is 5.10 Å². The van der Waals surface area contributed by atoms with Crippen molar-refractivity contribution in [3.05, 3.63) is 72.3 Å². The molecule has 0 spiro atoms. The molecular formula is C22H25N3O4. The zero-order valence-corrected chi connectivity index (χ0v) is 16.4.